The molecule has 3 aromatic carbocycles. The zero-order valence-electron chi connectivity index (χ0n) is 21.6. The summed E-state index contributed by atoms with van der Waals surface area (Å²) in [5.74, 6) is 0. The first kappa shape index (κ1) is 23.8. The maximum Gasteiger partial charge on any atom is 0.0707 e. The van der Waals surface area contributed by atoms with Gasteiger partial charge in [0.15, 0.2) is 0 Å². The highest BCUT2D eigenvalue weighted by molar-refractivity contribution is 5.79. The SMILES string of the molecule is CC[C@@](C)(c1ccccc1-c1cc(C)ccn1)c1ccccc1C1C=C(C)C(c2ccccc2)=CN1. The van der Waals surface area contributed by atoms with Gasteiger partial charge in [-0.2, -0.15) is 0 Å². The van der Waals surface area contributed by atoms with Crippen molar-refractivity contribution in [1.82, 2.24) is 10.3 Å². The highest BCUT2D eigenvalue weighted by atomic mass is 14.9. The minimum Gasteiger partial charge on any atom is -0.380 e. The molecule has 2 nitrogen and oxygen atoms in total. The van der Waals surface area contributed by atoms with E-state index >= 15 is 0 Å². The number of benzene rings is 3. The number of aryl methyl sites for hydroxylation is 1. The van der Waals surface area contributed by atoms with Crippen LogP contribution in [0.25, 0.3) is 16.8 Å². The maximum absolute atomic E-state index is 4.74. The summed E-state index contributed by atoms with van der Waals surface area (Å²) in [6.45, 7) is 9.01. The molecule has 0 bridgehead atoms. The summed E-state index contributed by atoms with van der Waals surface area (Å²) in [7, 11) is 0. The lowest BCUT2D eigenvalue weighted by Crippen LogP contribution is -2.28. The molecule has 36 heavy (non-hydrogen) atoms. The second-order valence-corrected chi connectivity index (χ2v) is 9.95. The van der Waals surface area contributed by atoms with Crippen LogP contribution in [0.2, 0.25) is 0 Å². The van der Waals surface area contributed by atoms with E-state index in [1.54, 1.807) is 0 Å². The van der Waals surface area contributed by atoms with Gasteiger partial charge in [-0.05, 0) is 65.8 Å². The second kappa shape index (κ2) is 9.99. The summed E-state index contributed by atoms with van der Waals surface area (Å²) in [5, 5.41) is 3.71. The van der Waals surface area contributed by atoms with Gasteiger partial charge in [0, 0.05) is 28.9 Å². The van der Waals surface area contributed by atoms with Crippen molar-refractivity contribution >= 4 is 5.57 Å². The molecule has 0 amide bonds. The van der Waals surface area contributed by atoms with Gasteiger partial charge < -0.3 is 5.32 Å². The fourth-order valence-electron chi connectivity index (χ4n) is 5.45. The molecule has 5 rings (SSSR count). The molecule has 1 aliphatic heterocycles. The fraction of sp³-hybridized carbons (Fsp3) is 0.206. The predicted octanol–water partition coefficient (Wildman–Crippen LogP) is 8.40. The number of hydrogen-bond acceptors (Lipinski definition) is 2. The molecule has 4 aromatic rings. The Labute approximate surface area is 215 Å². The van der Waals surface area contributed by atoms with Gasteiger partial charge in [0.25, 0.3) is 0 Å². The van der Waals surface area contributed by atoms with Gasteiger partial charge in [-0.1, -0.05) is 98.8 Å². The van der Waals surface area contributed by atoms with Gasteiger partial charge in [-0.25, -0.2) is 0 Å². The number of aromatic nitrogens is 1. The van der Waals surface area contributed by atoms with Crippen LogP contribution in [-0.2, 0) is 5.41 Å². The van der Waals surface area contributed by atoms with E-state index in [0.29, 0.717) is 0 Å². The molecule has 1 N–H and O–H groups in total. The Morgan fingerprint density at radius 3 is 2.25 bits per heavy atom. The van der Waals surface area contributed by atoms with Crippen LogP contribution in [0.5, 0.6) is 0 Å². The molecule has 0 fully saturated rings. The highest BCUT2D eigenvalue weighted by Gasteiger charge is 2.33. The summed E-state index contributed by atoms with van der Waals surface area (Å²) in [4.78, 5) is 4.74. The first-order valence-corrected chi connectivity index (χ1v) is 12.8. The first-order chi connectivity index (χ1) is 17.5. The molecule has 0 saturated carbocycles. The van der Waals surface area contributed by atoms with Crippen molar-refractivity contribution in [3.05, 3.63) is 143 Å². The van der Waals surface area contributed by atoms with E-state index in [2.05, 4.69) is 136 Å². The largest absolute Gasteiger partial charge is 0.380 e. The van der Waals surface area contributed by atoms with Crippen molar-refractivity contribution in [2.45, 2.75) is 45.6 Å². The van der Waals surface area contributed by atoms with Crippen molar-refractivity contribution < 1.29 is 0 Å². The molecular weight excluding hydrogens is 436 g/mol. The number of nitrogens with one attached hydrogen (secondary N) is 1. The molecule has 0 aliphatic carbocycles. The lowest BCUT2D eigenvalue weighted by Gasteiger charge is -2.35. The Morgan fingerprint density at radius 2 is 1.53 bits per heavy atom. The van der Waals surface area contributed by atoms with Crippen LogP contribution in [-0.4, -0.2) is 4.98 Å². The Bertz CT molecular complexity index is 1430. The predicted molar refractivity (Wildman–Crippen MR) is 152 cm³/mol. The van der Waals surface area contributed by atoms with Crippen LogP contribution in [0.15, 0.2) is 115 Å². The van der Waals surface area contributed by atoms with E-state index in [-0.39, 0.29) is 11.5 Å². The van der Waals surface area contributed by atoms with Crippen molar-refractivity contribution in [2.75, 3.05) is 0 Å². The molecule has 1 aromatic heterocycles. The van der Waals surface area contributed by atoms with E-state index in [0.717, 1.165) is 12.1 Å². The van der Waals surface area contributed by atoms with Crippen molar-refractivity contribution in [3.8, 4) is 11.3 Å². The lowest BCUT2D eigenvalue weighted by molar-refractivity contribution is 0.538. The van der Waals surface area contributed by atoms with Crippen LogP contribution in [0, 0.1) is 6.92 Å². The molecule has 0 saturated heterocycles. The van der Waals surface area contributed by atoms with E-state index < -0.39 is 0 Å². The summed E-state index contributed by atoms with van der Waals surface area (Å²) in [5.41, 5.74) is 11.0. The Balaban J connectivity index is 1.58. The zero-order valence-corrected chi connectivity index (χ0v) is 21.6. The quantitative estimate of drug-likeness (QED) is 0.306. The molecule has 0 radical (unpaired) electrons. The van der Waals surface area contributed by atoms with E-state index in [4.69, 9.17) is 4.98 Å². The number of nitrogens with zero attached hydrogens (tertiary/aromatic N) is 1. The van der Waals surface area contributed by atoms with Gasteiger partial charge in [-0.3, -0.25) is 4.98 Å². The summed E-state index contributed by atoms with van der Waals surface area (Å²) >= 11 is 0. The van der Waals surface area contributed by atoms with Gasteiger partial charge in [0.05, 0.1) is 11.7 Å². The fourth-order valence-corrected chi connectivity index (χ4v) is 5.45. The monoisotopic (exact) mass is 470 g/mol. The molecule has 0 spiro atoms. The molecule has 2 atom stereocenters. The van der Waals surface area contributed by atoms with Crippen LogP contribution in [0.3, 0.4) is 0 Å². The van der Waals surface area contributed by atoms with E-state index in [1.807, 2.05) is 6.20 Å². The summed E-state index contributed by atoms with van der Waals surface area (Å²) < 4.78 is 0. The van der Waals surface area contributed by atoms with Gasteiger partial charge >= 0.3 is 0 Å². The van der Waals surface area contributed by atoms with E-state index in [9.17, 15) is 0 Å². The third-order valence-electron chi connectivity index (χ3n) is 7.64. The topological polar surface area (TPSA) is 24.9 Å². The van der Waals surface area contributed by atoms with Crippen LogP contribution in [0.4, 0.5) is 0 Å². The third kappa shape index (κ3) is 4.40. The van der Waals surface area contributed by atoms with Crippen LogP contribution in [0.1, 0.15) is 61.1 Å². The smallest absolute Gasteiger partial charge is 0.0707 e. The minimum absolute atomic E-state index is 0.115. The van der Waals surface area contributed by atoms with Gasteiger partial charge in [-0.15, -0.1) is 0 Å². The second-order valence-electron chi connectivity index (χ2n) is 9.95. The number of hydrogen-bond donors (Lipinski definition) is 1. The number of pyridine rings is 1. The number of dihydropyridines is 1. The molecule has 1 unspecified atom stereocenters. The molecule has 1 aliphatic rings. The zero-order chi connectivity index (χ0) is 25.1. The molecule has 2 heteroatoms. The van der Waals surface area contributed by atoms with Gasteiger partial charge in [0.1, 0.15) is 0 Å². The Hall–Kier alpha value is -3.91. The van der Waals surface area contributed by atoms with Crippen LogP contribution < -0.4 is 5.32 Å². The lowest BCUT2D eigenvalue weighted by atomic mass is 9.69. The third-order valence-corrected chi connectivity index (χ3v) is 7.64. The van der Waals surface area contributed by atoms with Crippen LogP contribution >= 0.6 is 0 Å². The number of allylic oxidation sites excluding steroid dienone is 2. The summed E-state index contributed by atoms with van der Waals surface area (Å²) in [6.07, 6.45) is 7.44. The number of rotatable bonds is 6. The van der Waals surface area contributed by atoms with Gasteiger partial charge in [0.2, 0.25) is 0 Å². The highest BCUT2D eigenvalue weighted by Crippen LogP contribution is 2.43. The Kier molecular flexibility index (Phi) is 6.61. The standard InChI is InChI=1S/C34H34N2/c1-5-34(4,30-17-11-9-15-27(30)32-21-24(2)19-20-35-32)31-18-12-10-16-28(31)33-22-25(3)29(23-36-33)26-13-7-6-8-14-26/h6-23,33,36H,5H2,1-4H3/t33?,34-/m0/s1. The molecular formula is C34H34N2. The van der Waals surface area contributed by atoms with Crippen molar-refractivity contribution in [2.24, 2.45) is 0 Å². The maximum atomic E-state index is 4.74. The van der Waals surface area contributed by atoms with Crippen molar-refractivity contribution in [1.29, 1.82) is 0 Å². The molecule has 180 valence electrons. The summed E-state index contributed by atoms with van der Waals surface area (Å²) in [6, 6.07) is 32.6. The molecule has 2 heterocycles. The first-order valence-electron chi connectivity index (χ1n) is 12.8. The minimum atomic E-state index is -0.175. The Morgan fingerprint density at radius 1 is 0.833 bits per heavy atom. The van der Waals surface area contributed by atoms with Crippen molar-refractivity contribution in [3.63, 3.8) is 0 Å². The normalized spacial score (nSPS) is 16.9. The van der Waals surface area contributed by atoms with E-state index in [1.165, 1.54) is 44.5 Å². The average molecular weight is 471 g/mol. The average Bonchev–Trinajstić information content (AvgIpc) is 2.93.